The summed E-state index contributed by atoms with van der Waals surface area (Å²) in [5.41, 5.74) is 5.57. The highest BCUT2D eigenvalue weighted by atomic mass is 16.3. The van der Waals surface area contributed by atoms with Crippen LogP contribution in [0.1, 0.15) is 0 Å². The molecular formula is C37H22N4O. The van der Waals surface area contributed by atoms with Gasteiger partial charge in [-0.25, -0.2) is 4.98 Å². The molecule has 0 aliphatic rings. The van der Waals surface area contributed by atoms with Crippen molar-refractivity contribution >= 4 is 54.5 Å². The van der Waals surface area contributed by atoms with Crippen LogP contribution in [0.25, 0.3) is 83.2 Å². The molecule has 5 nitrogen and oxygen atoms in total. The zero-order chi connectivity index (χ0) is 27.6. The van der Waals surface area contributed by atoms with Gasteiger partial charge in [-0.15, -0.1) is 0 Å². The fourth-order valence-electron chi connectivity index (χ4n) is 6.13. The summed E-state index contributed by atoms with van der Waals surface area (Å²) in [6.45, 7) is 0. The highest BCUT2D eigenvalue weighted by Gasteiger charge is 2.18. The van der Waals surface area contributed by atoms with Crippen molar-refractivity contribution in [3.63, 3.8) is 0 Å². The molecule has 9 aromatic rings. The second-order valence-corrected chi connectivity index (χ2v) is 10.5. The molecule has 6 aromatic carbocycles. The van der Waals surface area contributed by atoms with Crippen LogP contribution in [0.4, 0.5) is 0 Å². The third-order valence-electron chi connectivity index (χ3n) is 8.06. The van der Waals surface area contributed by atoms with E-state index in [2.05, 4.69) is 95.6 Å². The molecule has 0 atom stereocenters. The molecule has 0 aliphatic carbocycles. The molecule has 0 saturated heterocycles. The Morgan fingerprint density at radius 3 is 1.86 bits per heavy atom. The maximum atomic E-state index is 6.38. The van der Waals surface area contributed by atoms with Crippen molar-refractivity contribution in [2.75, 3.05) is 0 Å². The zero-order valence-electron chi connectivity index (χ0n) is 22.4. The minimum atomic E-state index is 0.576. The zero-order valence-corrected chi connectivity index (χ0v) is 22.4. The topological polar surface area (TPSA) is 56.7 Å². The van der Waals surface area contributed by atoms with Gasteiger partial charge in [0.2, 0.25) is 5.95 Å². The lowest BCUT2D eigenvalue weighted by Gasteiger charge is -2.10. The number of furan rings is 1. The first kappa shape index (κ1) is 22.9. The largest absolute Gasteiger partial charge is 0.456 e. The Bertz CT molecular complexity index is 2420. The first-order valence-electron chi connectivity index (χ1n) is 14.0. The molecule has 0 spiro atoms. The molecular weight excluding hydrogens is 516 g/mol. The van der Waals surface area contributed by atoms with Crippen molar-refractivity contribution < 1.29 is 4.42 Å². The molecule has 3 heterocycles. The standard InChI is InChI=1S/C37H22N4O/c1-2-11-24(12-3-1)35-38-36(40-37(39-35)41-30-16-8-6-14-27(30)28-15-7-9-17-31(28)41)25-18-20-29-33(22-25)42-32-21-19-23-10-4-5-13-26(23)34(29)32/h1-22H. The Balaban J connectivity index is 1.31. The summed E-state index contributed by atoms with van der Waals surface area (Å²) in [6, 6.07) is 45.7. The third-order valence-corrected chi connectivity index (χ3v) is 8.06. The van der Waals surface area contributed by atoms with Gasteiger partial charge in [0.1, 0.15) is 11.2 Å². The van der Waals surface area contributed by atoms with E-state index in [0.29, 0.717) is 17.6 Å². The average molecular weight is 539 g/mol. The van der Waals surface area contributed by atoms with Crippen LogP contribution in [0.5, 0.6) is 0 Å². The highest BCUT2D eigenvalue weighted by molar-refractivity contribution is 6.19. The number of nitrogens with zero attached hydrogens (tertiary/aromatic N) is 4. The Morgan fingerprint density at radius 2 is 1.10 bits per heavy atom. The molecule has 0 bridgehead atoms. The summed E-state index contributed by atoms with van der Waals surface area (Å²) < 4.78 is 8.51. The van der Waals surface area contributed by atoms with Gasteiger partial charge >= 0.3 is 0 Å². The van der Waals surface area contributed by atoms with E-state index in [4.69, 9.17) is 19.4 Å². The molecule has 0 radical (unpaired) electrons. The molecule has 3 aromatic heterocycles. The highest BCUT2D eigenvalue weighted by Crippen LogP contribution is 2.37. The van der Waals surface area contributed by atoms with Gasteiger partial charge in [0, 0.05) is 32.7 Å². The van der Waals surface area contributed by atoms with Gasteiger partial charge in [-0.05, 0) is 41.1 Å². The van der Waals surface area contributed by atoms with Gasteiger partial charge < -0.3 is 4.42 Å². The normalized spacial score (nSPS) is 11.8. The maximum absolute atomic E-state index is 6.38. The lowest BCUT2D eigenvalue weighted by molar-refractivity contribution is 0.669. The maximum Gasteiger partial charge on any atom is 0.238 e. The molecule has 0 unspecified atom stereocenters. The number of fused-ring (bicyclic) bond motifs is 8. The van der Waals surface area contributed by atoms with Gasteiger partial charge in [-0.3, -0.25) is 4.57 Å². The van der Waals surface area contributed by atoms with Crippen molar-refractivity contribution in [1.82, 2.24) is 19.5 Å². The number of hydrogen-bond donors (Lipinski definition) is 0. The van der Waals surface area contributed by atoms with Crippen molar-refractivity contribution in [1.29, 1.82) is 0 Å². The van der Waals surface area contributed by atoms with Crippen molar-refractivity contribution in [3.05, 3.63) is 133 Å². The van der Waals surface area contributed by atoms with E-state index in [9.17, 15) is 0 Å². The molecule has 9 rings (SSSR count). The first-order valence-corrected chi connectivity index (χ1v) is 14.0. The molecule has 196 valence electrons. The summed E-state index contributed by atoms with van der Waals surface area (Å²) in [5, 5.41) is 6.89. The first-order chi connectivity index (χ1) is 20.8. The number of rotatable bonds is 3. The average Bonchev–Trinajstić information content (AvgIpc) is 3.61. The predicted molar refractivity (Wildman–Crippen MR) is 170 cm³/mol. The van der Waals surface area contributed by atoms with Crippen LogP contribution < -0.4 is 0 Å². The summed E-state index contributed by atoms with van der Waals surface area (Å²) >= 11 is 0. The molecule has 0 aliphatic heterocycles. The quantitative estimate of drug-likeness (QED) is 0.225. The van der Waals surface area contributed by atoms with Crippen molar-refractivity contribution in [2.24, 2.45) is 0 Å². The van der Waals surface area contributed by atoms with E-state index in [1.54, 1.807) is 0 Å². The van der Waals surface area contributed by atoms with Gasteiger partial charge in [0.25, 0.3) is 0 Å². The van der Waals surface area contributed by atoms with E-state index in [-0.39, 0.29) is 0 Å². The van der Waals surface area contributed by atoms with E-state index in [0.717, 1.165) is 54.9 Å². The van der Waals surface area contributed by atoms with E-state index < -0.39 is 0 Å². The molecule has 0 fully saturated rings. The number of hydrogen-bond acceptors (Lipinski definition) is 4. The van der Waals surface area contributed by atoms with Crippen molar-refractivity contribution in [3.8, 4) is 28.7 Å². The predicted octanol–water partition coefficient (Wildman–Crippen LogP) is 9.36. The summed E-state index contributed by atoms with van der Waals surface area (Å²) in [6.07, 6.45) is 0. The monoisotopic (exact) mass is 538 g/mol. The summed E-state index contributed by atoms with van der Waals surface area (Å²) in [7, 11) is 0. The van der Waals surface area contributed by atoms with E-state index in [1.807, 2.05) is 42.5 Å². The molecule has 42 heavy (non-hydrogen) atoms. The Morgan fingerprint density at radius 1 is 0.452 bits per heavy atom. The lowest BCUT2D eigenvalue weighted by atomic mass is 10.0. The minimum Gasteiger partial charge on any atom is -0.456 e. The SMILES string of the molecule is c1ccc(-c2nc(-c3ccc4c(c3)oc3ccc5ccccc5c34)nc(-n3c4ccccc4c4ccccc43)n2)cc1. The summed E-state index contributed by atoms with van der Waals surface area (Å²) in [4.78, 5) is 15.1. The Labute approximate surface area is 240 Å². The Kier molecular flexibility index (Phi) is 4.83. The van der Waals surface area contributed by atoms with Gasteiger partial charge in [0.15, 0.2) is 11.6 Å². The second-order valence-electron chi connectivity index (χ2n) is 10.5. The van der Waals surface area contributed by atoms with Crippen LogP contribution >= 0.6 is 0 Å². The van der Waals surface area contributed by atoms with E-state index >= 15 is 0 Å². The van der Waals surface area contributed by atoms with Crippen LogP contribution in [-0.2, 0) is 0 Å². The summed E-state index contributed by atoms with van der Waals surface area (Å²) in [5.74, 6) is 1.79. The van der Waals surface area contributed by atoms with Crippen LogP contribution in [0.3, 0.4) is 0 Å². The van der Waals surface area contributed by atoms with Gasteiger partial charge in [-0.1, -0.05) is 103 Å². The number of para-hydroxylation sites is 2. The Hall–Kier alpha value is -5.81. The number of benzene rings is 6. The molecule has 5 heteroatoms. The van der Waals surface area contributed by atoms with Crippen molar-refractivity contribution in [2.45, 2.75) is 0 Å². The molecule has 0 saturated carbocycles. The smallest absolute Gasteiger partial charge is 0.238 e. The molecule has 0 N–H and O–H groups in total. The second kappa shape index (κ2) is 8.85. The van der Waals surface area contributed by atoms with Crippen LogP contribution in [-0.4, -0.2) is 19.5 Å². The van der Waals surface area contributed by atoms with Gasteiger partial charge in [-0.2, -0.15) is 9.97 Å². The molecule has 0 amide bonds. The van der Waals surface area contributed by atoms with E-state index in [1.165, 1.54) is 10.8 Å². The lowest BCUT2D eigenvalue weighted by Crippen LogP contribution is -2.06. The third kappa shape index (κ3) is 3.40. The van der Waals surface area contributed by atoms with Crippen LogP contribution in [0.15, 0.2) is 138 Å². The minimum absolute atomic E-state index is 0.576. The number of aromatic nitrogens is 4. The van der Waals surface area contributed by atoms with Gasteiger partial charge in [0.05, 0.1) is 11.0 Å². The fourth-order valence-corrected chi connectivity index (χ4v) is 6.13. The van der Waals surface area contributed by atoms with Crippen LogP contribution in [0.2, 0.25) is 0 Å². The van der Waals surface area contributed by atoms with Crippen LogP contribution in [0, 0.1) is 0 Å². The fraction of sp³-hybridized carbons (Fsp3) is 0.